The average molecular weight is 279 g/mol. The van der Waals surface area contributed by atoms with Crippen LogP contribution >= 0.6 is 0 Å². The maximum Gasteiger partial charge on any atom is 0.127 e. The van der Waals surface area contributed by atoms with Crippen LogP contribution in [0.25, 0.3) is 0 Å². The van der Waals surface area contributed by atoms with Gasteiger partial charge in [0.15, 0.2) is 0 Å². The molecule has 1 aromatic carbocycles. The molecule has 3 rings (SSSR count). The van der Waals surface area contributed by atoms with Crippen LogP contribution in [0.3, 0.4) is 0 Å². The zero-order chi connectivity index (χ0) is 13.9. The molecule has 0 heterocycles. The second-order valence-electron chi connectivity index (χ2n) is 6.43. The molecule has 0 spiro atoms. The van der Waals surface area contributed by atoms with Gasteiger partial charge in [0.1, 0.15) is 11.6 Å². The van der Waals surface area contributed by atoms with Crippen molar-refractivity contribution in [3.05, 3.63) is 35.4 Å². The molecule has 1 N–H and O–H groups in total. The Morgan fingerprint density at radius 1 is 1.00 bits per heavy atom. The molecule has 3 atom stereocenters. The predicted molar refractivity (Wildman–Crippen MR) is 76.3 cm³/mol. The fraction of sp³-hybridized carbons (Fsp3) is 0.647. The summed E-state index contributed by atoms with van der Waals surface area (Å²) in [6.45, 7) is 0.436. The van der Waals surface area contributed by atoms with E-state index in [2.05, 4.69) is 5.32 Å². The highest BCUT2D eigenvalue weighted by molar-refractivity contribution is 5.18. The third-order valence-corrected chi connectivity index (χ3v) is 5.13. The van der Waals surface area contributed by atoms with Crippen molar-refractivity contribution in [3.8, 4) is 0 Å². The molecule has 0 aliphatic heterocycles. The van der Waals surface area contributed by atoms with Crippen LogP contribution < -0.4 is 5.32 Å². The van der Waals surface area contributed by atoms with Crippen LogP contribution in [-0.2, 0) is 6.54 Å². The Bertz CT molecular complexity index is 460. The van der Waals surface area contributed by atoms with Crippen molar-refractivity contribution in [3.63, 3.8) is 0 Å². The summed E-state index contributed by atoms with van der Waals surface area (Å²) in [6, 6.07) is 4.15. The van der Waals surface area contributed by atoms with Crippen molar-refractivity contribution < 1.29 is 8.78 Å². The minimum absolute atomic E-state index is 0.315. The Kier molecular flexibility index (Phi) is 4.35. The summed E-state index contributed by atoms with van der Waals surface area (Å²) in [6.07, 6.45) is 9.21. The van der Waals surface area contributed by atoms with Crippen LogP contribution in [0.15, 0.2) is 18.2 Å². The Hall–Kier alpha value is -0.960. The van der Waals surface area contributed by atoms with Gasteiger partial charge in [0.25, 0.3) is 0 Å². The van der Waals surface area contributed by atoms with Crippen molar-refractivity contribution in [2.75, 3.05) is 0 Å². The average Bonchev–Trinajstić information content (AvgIpc) is 2.48. The first-order chi connectivity index (χ1) is 9.72. The number of benzene rings is 1. The van der Waals surface area contributed by atoms with Crippen LogP contribution in [0.1, 0.15) is 50.5 Å². The number of rotatable bonds is 3. The van der Waals surface area contributed by atoms with Crippen molar-refractivity contribution in [1.29, 1.82) is 0 Å². The quantitative estimate of drug-likeness (QED) is 0.864. The summed E-state index contributed by atoms with van der Waals surface area (Å²) in [5, 5.41) is 3.43. The van der Waals surface area contributed by atoms with Crippen molar-refractivity contribution >= 4 is 0 Å². The van der Waals surface area contributed by atoms with Gasteiger partial charge in [-0.15, -0.1) is 0 Å². The van der Waals surface area contributed by atoms with E-state index in [-0.39, 0.29) is 11.6 Å². The largest absolute Gasteiger partial charge is 0.310 e. The fourth-order valence-electron chi connectivity index (χ4n) is 3.99. The second kappa shape index (κ2) is 6.21. The van der Waals surface area contributed by atoms with Crippen LogP contribution in [0.4, 0.5) is 8.78 Å². The highest BCUT2D eigenvalue weighted by atomic mass is 19.1. The van der Waals surface area contributed by atoms with Gasteiger partial charge in [0, 0.05) is 18.2 Å². The van der Waals surface area contributed by atoms with Crippen LogP contribution in [0, 0.1) is 23.5 Å². The van der Waals surface area contributed by atoms with Gasteiger partial charge in [-0.3, -0.25) is 0 Å². The zero-order valence-electron chi connectivity index (χ0n) is 11.9. The summed E-state index contributed by atoms with van der Waals surface area (Å²) in [7, 11) is 0. The summed E-state index contributed by atoms with van der Waals surface area (Å²) < 4.78 is 26.7. The summed E-state index contributed by atoms with van der Waals surface area (Å²) >= 11 is 0. The van der Waals surface area contributed by atoms with E-state index in [1.807, 2.05) is 0 Å². The van der Waals surface area contributed by atoms with Gasteiger partial charge in [-0.2, -0.15) is 0 Å². The highest BCUT2D eigenvalue weighted by Gasteiger charge is 2.31. The maximum atomic E-state index is 13.6. The lowest BCUT2D eigenvalue weighted by Crippen LogP contribution is -2.38. The third kappa shape index (κ3) is 3.20. The molecule has 0 radical (unpaired) electrons. The maximum absolute atomic E-state index is 13.6. The molecule has 1 nitrogen and oxygen atoms in total. The Morgan fingerprint density at radius 2 is 1.80 bits per heavy atom. The highest BCUT2D eigenvalue weighted by Crippen LogP contribution is 2.40. The number of nitrogens with one attached hydrogen (secondary N) is 1. The van der Waals surface area contributed by atoms with Gasteiger partial charge in [-0.1, -0.05) is 25.7 Å². The fourth-order valence-corrected chi connectivity index (χ4v) is 3.99. The molecule has 3 unspecified atom stereocenters. The molecular formula is C17H23F2N. The molecular weight excluding hydrogens is 256 g/mol. The van der Waals surface area contributed by atoms with Crippen LogP contribution in [0.5, 0.6) is 0 Å². The van der Waals surface area contributed by atoms with Gasteiger partial charge in [-0.25, -0.2) is 8.78 Å². The minimum Gasteiger partial charge on any atom is -0.310 e. The first-order valence-electron chi connectivity index (χ1n) is 7.89. The Labute approximate surface area is 119 Å². The van der Waals surface area contributed by atoms with E-state index < -0.39 is 0 Å². The zero-order valence-corrected chi connectivity index (χ0v) is 11.9. The first-order valence-corrected chi connectivity index (χ1v) is 7.89. The molecule has 2 saturated carbocycles. The van der Waals surface area contributed by atoms with E-state index in [1.165, 1.54) is 63.1 Å². The van der Waals surface area contributed by atoms with Gasteiger partial charge in [0.2, 0.25) is 0 Å². The Balaban J connectivity index is 1.55. The van der Waals surface area contributed by atoms with Crippen molar-refractivity contribution in [2.45, 2.75) is 57.5 Å². The number of fused-ring (bicyclic) bond motifs is 1. The molecule has 20 heavy (non-hydrogen) atoms. The Morgan fingerprint density at radius 3 is 2.65 bits per heavy atom. The van der Waals surface area contributed by atoms with E-state index in [9.17, 15) is 8.78 Å². The predicted octanol–water partition coefficient (Wildman–Crippen LogP) is 4.41. The van der Waals surface area contributed by atoms with E-state index >= 15 is 0 Å². The third-order valence-electron chi connectivity index (χ3n) is 5.13. The number of hydrogen-bond acceptors (Lipinski definition) is 1. The molecule has 0 aromatic heterocycles. The van der Waals surface area contributed by atoms with Gasteiger partial charge in [-0.05, 0) is 49.3 Å². The minimum atomic E-state index is -0.362. The van der Waals surface area contributed by atoms with Gasteiger partial charge < -0.3 is 5.32 Å². The standard InChI is InChI=1S/C17H23F2N/c18-15-6-8-17(19)14(9-15)11-20-16-7-5-12-3-1-2-4-13(12)10-16/h6,8-9,12-13,16,20H,1-5,7,10-11H2. The molecule has 1 aromatic rings. The SMILES string of the molecule is Fc1ccc(F)c(CNC2CCC3CCCCC3C2)c1. The number of halogens is 2. The molecule has 3 heteroatoms. The summed E-state index contributed by atoms with van der Waals surface area (Å²) in [5.74, 6) is 1.10. The lowest BCUT2D eigenvalue weighted by Gasteiger charge is -2.39. The van der Waals surface area contributed by atoms with E-state index in [4.69, 9.17) is 0 Å². The summed E-state index contributed by atoms with van der Waals surface area (Å²) in [4.78, 5) is 0. The van der Waals surface area contributed by atoms with Gasteiger partial charge in [0.05, 0.1) is 0 Å². The van der Waals surface area contributed by atoms with Gasteiger partial charge >= 0.3 is 0 Å². The molecule has 0 amide bonds. The molecule has 110 valence electrons. The van der Waals surface area contributed by atoms with E-state index in [1.54, 1.807) is 0 Å². The normalized spacial score (nSPS) is 30.0. The lowest BCUT2D eigenvalue weighted by molar-refractivity contribution is 0.143. The molecule has 0 bridgehead atoms. The molecule has 0 saturated heterocycles. The number of hydrogen-bond donors (Lipinski definition) is 1. The molecule has 2 aliphatic rings. The van der Waals surface area contributed by atoms with E-state index in [0.717, 1.165) is 11.8 Å². The topological polar surface area (TPSA) is 12.0 Å². The van der Waals surface area contributed by atoms with Crippen LogP contribution in [0.2, 0.25) is 0 Å². The lowest BCUT2D eigenvalue weighted by atomic mass is 9.69. The van der Waals surface area contributed by atoms with Crippen LogP contribution in [-0.4, -0.2) is 6.04 Å². The van der Waals surface area contributed by atoms with Crippen molar-refractivity contribution in [2.24, 2.45) is 11.8 Å². The molecule has 2 fully saturated rings. The van der Waals surface area contributed by atoms with Crippen molar-refractivity contribution in [1.82, 2.24) is 5.32 Å². The monoisotopic (exact) mass is 279 g/mol. The van der Waals surface area contributed by atoms with E-state index in [0.29, 0.717) is 18.2 Å². The second-order valence-corrected chi connectivity index (χ2v) is 6.43. The molecule has 2 aliphatic carbocycles. The summed E-state index contributed by atoms with van der Waals surface area (Å²) in [5.41, 5.74) is 0.441. The smallest absolute Gasteiger partial charge is 0.127 e. The first kappa shape index (κ1) is 14.0.